The highest BCUT2D eigenvalue weighted by Crippen LogP contribution is 1.83. The SMILES string of the molecule is C#C/C=C(C)\C=N/NC. The lowest BCUT2D eigenvalue weighted by Gasteiger charge is -1.85. The Labute approximate surface area is 55.7 Å². The Hall–Kier alpha value is -1.23. The van der Waals surface area contributed by atoms with Crippen LogP contribution in [0.15, 0.2) is 16.8 Å². The van der Waals surface area contributed by atoms with Gasteiger partial charge < -0.3 is 5.43 Å². The van der Waals surface area contributed by atoms with Crippen LogP contribution in [0.5, 0.6) is 0 Å². The maximum Gasteiger partial charge on any atom is 0.0503 e. The van der Waals surface area contributed by atoms with Crippen LogP contribution in [0.1, 0.15) is 6.92 Å². The first-order valence-electron chi connectivity index (χ1n) is 2.64. The Kier molecular flexibility index (Phi) is 4.25. The van der Waals surface area contributed by atoms with Gasteiger partial charge in [0, 0.05) is 7.05 Å². The number of allylic oxidation sites excluding steroid dienone is 2. The summed E-state index contributed by atoms with van der Waals surface area (Å²) in [6.45, 7) is 1.89. The van der Waals surface area contributed by atoms with Crippen molar-refractivity contribution in [3.05, 3.63) is 11.6 Å². The van der Waals surface area contributed by atoms with E-state index in [-0.39, 0.29) is 0 Å². The standard InChI is InChI=1S/C7H10N2/c1-4-5-7(2)6-9-8-3/h1,5-6,8H,2-3H3/b7-5-,9-6-. The molecule has 0 saturated heterocycles. The zero-order valence-corrected chi connectivity index (χ0v) is 5.68. The lowest BCUT2D eigenvalue weighted by molar-refractivity contribution is 0.907. The lowest BCUT2D eigenvalue weighted by Crippen LogP contribution is -1.93. The Balaban J connectivity index is 3.79. The highest BCUT2D eigenvalue weighted by molar-refractivity contribution is 5.78. The highest BCUT2D eigenvalue weighted by atomic mass is 15.3. The van der Waals surface area contributed by atoms with E-state index in [9.17, 15) is 0 Å². The average Bonchev–Trinajstić information content (AvgIpc) is 1.85. The van der Waals surface area contributed by atoms with Gasteiger partial charge in [-0.2, -0.15) is 5.10 Å². The van der Waals surface area contributed by atoms with E-state index in [1.165, 1.54) is 0 Å². The number of hydrogen-bond acceptors (Lipinski definition) is 2. The van der Waals surface area contributed by atoms with E-state index < -0.39 is 0 Å². The fourth-order valence-corrected chi connectivity index (χ4v) is 0.335. The molecule has 0 rings (SSSR count). The molecule has 0 atom stereocenters. The van der Waals surface area contributed by atoms with Gasteiger partial charge in [0.15, 0.2) is 0 Å². The molecule has 0 aliphatic rings. The highest BCUT2D eigenvalue weighted by Gasteiger charge is 1.75. The van der Waals surface area contributed by atoms with Gasteiger partial charge in [0.25, 0.3) is 0 Å². The smallest absolute Gasteiger partial charge is 0.0503 e. The van der Waals surface area contributed by atoms with Gasteiger partial charge in [-0.15, -0.1) is 6.42 Å². The molecule has 0 aromatic carbocycles. The summed E-state index contributed by atoms with van der Waals surface area (Å²) in [7, 11) is 1.74. The van der Waals surface area contributed by atoms with E-state index >= 15 is 0 Å². The first-order valence-corrected chi connectivity index (χ1v) is 2.64. The average molecular weight is 122 g/mol. The first kappa shape index (κ1) is 7.77. The zero-order valence-electron chi connectivity index (χ0n) is 5.68. The molecule has 0 saturated carbocycles. The summed E-state index contributed by atoms with van der Waals surface area (Å²) < 4.78 is 0. The fourth-order valence-electron chi connectivity index (χ4n) is 0.335. The van der Waals surface area contributed by atoms with Crippen LogP contribution in [0.25, 0.3) is 0 Å². The molecule has 9 heavy (non-hydrogen) atoms. The van der Waals surface area contributed by atoms with Crippen molar-refractivity contribution >= 4 is 6.21 Å². The van der Waals surface area contributed by atoms with Crippen LogP contribution >= 0.6 is 0 Å². The molecule has 2 nitrogen and oxygen atoms in total. The van der Waals surface area contributed by atoms with Gasteiger partial charge in [0.05, 0.1) is 6.21 Å². The minimum Gasteiger partial charge on any atom is -0.313 e. The molecular formula is C7H10N2. The van der Waals surface area contributed by atoms with Crippen LogP contribution in [0.4, 0.5) is 0 Å². The van der Waals surface area contributed by atoms with Crippen molar-refractivity contribution in [2.45, 2.75) is 6.92 Å². The van der Waals surface area contributed by atoms with Crippen molar-refractivity contribution in [2.24, 2.45) is 5.10 Å². The number of rotatable bonds is 2. The van der Waals surface area contributed by atoms with Crippen molar-refractivity contribution in [3.63, 3.8) is 0 Å². The number of hydrazone groups is 1. The first-order chi connectivity index (χ1) is 4.31. The fraction of sp³-hybridized carbons (Fsp3) is 0.286. The van der Waals surface area contributed by atoms with E-state index in [1.54, 1.807) is 19.3 Å². The third-order valence-corrected chi connectivity index (χ3v) is 0.708. The molecule has 0 bridgehead atoms. The molecule has 0 aliphatic carbocycles. The lowest BCUT2D eigenvalue weighted by atomic mass is 10.3. The molecule has 0 radical (unpaired) electrons. The number of hydrogen-bond donors (Lipinski definition) is 1. The summed E-state index contributed by atoms with van der Waals surface area (Å²) in [4.78, 5) is 0. The number of nitrogens with zero attached hydrogens (tertiary/aromatic N) is 1. The van der Waals surface area contributed by atoms with Gasteiger partial charge in [-0.1, -0.05) is 5.92 Å². The number of nitrogens with one attached hydrogen (secondary N) is 1. The van der Waals surface area contributed by atoms with Crippen molar-refractivity contribution in [2.75, 3.05) is 7.05 Å². The van der Waals surface area contributed by atoms with Crippen LogP contribution in [-0.2, 0) is 0 Å². The van der Waals surface area contributed by atoms with E-state index in [0.29, 0.717) is 0 Å². The molecule has 1 N–H and O–H groups in total. The molecule has 0 heterocycles. The predicted octanol–water partition coefficient (Wildman–Crippen LogP) is 0.771. The van der Waals surface area contributed by atoms with E-state index in [4.69, 9.17) is 6.42 Å². The van der Waals surface area contributed by atoms with Gasteiger partial charge in [0.2, 0.25) is 0 Å². The third-order valence-electron chi connectivity index (χ3n) is 0.708. The monoisotopic (exact) mass is 122 g/mol. The van der Waals surface area contributed by atoms with Crippen LogP contribution in [0.2, 0.25) is 0 Å². The van der Waals surface area contributed by atoms with Crippen molar-refractivity contribution in [3.8, 4) is 12.3 Å². The van der Waals surface area contributed by atoms with Crippen LogP contribution in [0.3, 0.4) is 0 Å². The van der Waals surface area contributed by atoms with Crippen LogP contribution in [0, 0.1) is 12.3 Å². The van der Waals surface area contributed by atoms with E-state index in [0.717, 1.165) is 5.57 Å². The predicted molar refractivity (Wildman–Crippen MR) is 40.1 cm³/mol. The maximum absolute atomic E-state index is 4.99. The minimum absolute atomic E-state index is 0.965. The Morgan fingerprint density at radius 3 is 2.89 bits per heavy atom. The van der Waals surface area contributed by atoms with E-state index in [2.05, 4.69) is 16.4 Å². The largest absolute Gasteiger partial charge is 0.313 e. The van der Waals surface area contributed by atoms with Crippen LogP contribution < -0.4 is 5.43 Å². The van der Waals surface area contributed by atoms with Gasteiger partial charge in [0.1, 0.15) is 0 Å². The maximum atomic E-state index is 4.99. The van der Waals surface area contributed by atoms with Crippen LogP contribution in [-0.4, -0.2) is 13.3 Å². The van der Waals surface area contributed by atoms with Gasteiger partial charge in [-0.25, -0.2) is 0 Å². The van der Waals surface area contributed by atoms with E-state index in [1.807, 2.05) is 6.92 Å². The van der Waals surface area contributed by atoms with Gasteiger partial charge in [-0.3, -0.25) is 0 Å². The normalized spacial score (nSPS) is 11.4. The summed E-state index contributed by atoms with van der Waals surface area (Å²) in [5.74, 6) is 2.40. The third kappa shape index (κ3) is 4.63. The second kappa shape index (κ2) is 4.92. The topological polar surface area (TPSA) is 24.4 Å². The second-order valence-corrected chi connectivity index (χ2v) is 1.54. The molecule has 0 unspecified atom stereocenters. The molecule has 2 heteroatoms. The Morgan fingerprint density at radius 2 is 2.44 bits per heavy atom. The minimum atomic E-state index is 0.965. The summed E-state index contributed by atoms with van der Waals surface area (Å²) in [6.07, 6.45) is 8.31. The summed E-state index contributed by atoms with van der Waals surface area (Å²) in [6, 6.07) is 0. The second-order valence-electron chi connectivity index (χ2n) is 1.54. The molecule has 0 aromatic heterocycles. The molecular weight excluding hydrogens is 112 g/mol. The summed E-state index contributed by atoms with van der Waals surface area (Å²) >= 11 is 0. The van der Waals surface area contributed by atoms with Crippen molar-refractivity contribution < 1.29 is 0 Å². The van der Waals surface area contributed by atoms with Gasteiger partial charge >= 0.3 is 0 Å². The van der Waals surface area contributed by atoms with Crippen molar-refractivity contribution in [1.82, 2.24) is 5.43 Å². The summed E-state index contributed by atoms with van der Waals surface area (Å²) in [5, 5.41) is 3.75. The summed E-state index contributed by atoms with van der Waals surface area (Å²) in [5.41, 5.74) is 3.58. The Morgan fingerprint density at radius 1 is 1.78 bits per heavy atom. The quantitative estimate of drug-likeness (QED) is 0.326. The molecule has 0 aromatic rings. The molecule has 0 aliphatic heterocycles. The zero-order chi connectivity index (χ0) is 7.11. The molecule has 0 fully saturated rings. The van der Waals surface area contributed by atoms with Gasteiger partial charge in [-0.05, 0) is 18.6 Å². The molecule has 48 valence electrons. The van der Waals surface area contributed by atoms with Crippen molar-refractivity contribution in [1.29, 1.82) is 0 Å². The number of terminal acetylenes is 1. The molecule has 0 amide bonds. The molecule has 0 spiro atoms. The Bertz CT molecular complexity index is 160.